The molecule has 1 atom stereocenters. The highest BCUT2D eigenvalue weighted by atomic mass is 15.4. The first-order chi connectivity index (χ1) is 15.7. The van der Waals surface area contributed by atoms with Crippen LogP contribution < -0.4 is 10.2 Å². The van der Waals surface area contributed by atoms with Crippen molar-refractivity contribution in [1.29, 1.82) is 0 Å². The Morgan fingerprint density at radius 3 is 2.44 bits per heavy atom. The highest BCUT2D eigenvalue weighted by molar-refractivity contribution is 5.67. The van der Waals surface area contributed by atoms with E-state index < -0.39 is 0 Å². The second kappa shape index (κ2) is 8.43. The molecule has 0 spiro atoms. The normalized spacial score (nSPS) is 11.9. The number of rotatable bonds is 6. The zero-order chi connectivity index (χ0) is 21.9. The van der Waals surface area contributed by atoms with Gasteiger partial charge >= 0.3 is 0 Å². The number of nitrogens with zero attached hydrogens (tertiary/aromatic N) is 7. The van der Waals surface area contributed by atoms with Crippen LogP contribution in [0.5, 0.6) is 0 Å². The molecule has 0 aliphatic carbocycles. The zero-order valence-corrected chi connectivity index (χ0v) is 17.8. The van der Waals surface area contributed by atoms with Crippen molar-refractivity contribution in [3.63, 3.8) is 0 Å². The van der Waals surface area contributed by atoms with Gasteiger partial charge in [-0.3, -0.25) is 4.90 Å². The lowest BCUT2D eigenvalue weighted by Gasteiger charge is -2.20. The molecule has 8 nitrogen and oxygen atoms in total. The summed E-state index contributed by atoms with van der Waals surface area (Å²) in [6.07, 6.45) is 3.26. The van der Waals surface area contributed by atoms with E-state index in [-0.39, 0.29) is 6.04 Å². The molecule has 8 heteroatoms. The van der Waals surface area contributed by atoms with Gasteiger partial charge in [0.25, 0.3) is 0 Å². The minimum Gasteiger partial charge on any atom is -0.348 e. The van der Waals surface area contributed by atoms with Gasteiger partial charge in [0.2, 0.25) is 11.9 Å². The lowest BCUT2D eigenvalue weighted by molar-refractivity contribution is 0.852. The van der Waals surface area contributed by atoms with E-state index in [1.807, 2.05) is 72.6 Å². The molecular formula is C24H22N8. The molecule has 1 unspecified atom stereocenters. The number of fused-ring (bicyclic) bond motifs is 1. The smallest absolute Gasteiger partial charge is 0.234 e. The second-order valence-corrected chi connectivity index (χ2v) is 7.41. The van der Waals surface area contributed by atoms with E-state index in [1.54, 1.807) is 10.7 Å². The first kappa shape index (κ1) is 19.6. The Labute approximate surface area is 185 Å². The van der Waals surface area contributed by atoms with Crippen molar-refractivity contribution in [3.05, 3.63) is 90.9 Å². The Morgan fingerprint density at radius 2 is 1.66 bits per heavy atom. The van der Waals surface area contributed by atoms with Gasteiger partial charge in [-0.15, -0.1) is 0 Å². The quantitative estimate of drug-likeness (QED) is 0.431. The van der Waals surface area contributed by atoms with Crippen molar-refractivity contribution in [3.8, 4) is 11.3 Å². The average molecular weight is 422 g/mol. The van der Waals surface area contributed by atoms with Crippen LogP contribution in [0.25, 0.3) is 16.9 Å². The molecule has 5 rings (SSSR count). The largest absolute Gasteiger partial charge is 0.348 e. The molecular weight excluding hydrogens is 400 g/mol. The molecule has 3 heterocycles. The molecule has 0 radical (unpaired) electrons. The van der Waals surface area contributed by atoms with Crippen LogP contribution in [0.2, 0.25) is 0 Å². The molecule has 0 amide bonds. The maximum absolute atomic E-state index is 4.86. The van der Waals surface area contributed by atoms with Gasteiger partial charge in [0.05, 0.1) is 11.7 Å². The van der Waals surface area contributed by atoms with Gasteiger partial charge in [0.15, 0.2) is 5.65 Å². The first-order valence-electron chi connectivity index (χ1n) is 10.3. The summed E-state index contributed by atoms with van der Waals surface area (Å²) in [6, 6.07) is 24.1. The van der Waals surface area contributed by atoms with E-state index in [9.17, 15) is 0 Å². The molecule has 3 aromatic heterocycles. The van der Waals surface area contributed by atoms with E-state index in [2.05, 4.69) is 39.4 Å². The molecule has 1 N–H and O–H groups in total. The summed E-state index contributed by atoms with van der Waals surface area (Å²) >= 11 is 0. The number of hydrogen-bond acceptors (Lipinski definition) is 7. The Morgan fingerprint density at radius 1 is 0.906 bits per heavy atom. The number of benzene rings is 2. The lowest BCUT2D eigenvalue weighted by Crippen LogP contribution is -2.19. The summed E-state index contributed by atoms with van der Waals surface area (Å²) in [5.41, 5.74) is 3.70. The third kappa shape index (κ3) is 3.85. The molecule has 2 aromatic carbocycles. The molecule has 5 aromatic rings. The standard InChI is InChI=1S/C24H22N8/c1-17(18-9-5-3-6-10-18)28-23-25-14-13-21(30-23)31(2)24-29-20(19-11-7-4-8-12-19)15-22-26-16-27-32(22)24/h3-17H,1-2H3,(H,25,28,30). The summed E-state index contributed by atoms with van der Waals surface area (Å²) in [7, 11) is 1.91. The van der Waals surface area contributed by atoms with Crippen LogP contribution in [0.1, 0.15) is 18.5 Å². The van der Waals surface area contributed by atoms with Gasteiger partial charge in [-0.1, -0.05) is 60.7 Å². The summed E-state index contributed by atoms with van der Waals surface area (Å²) in [5.74, 6) is 1.84. The van der Waals surface area contributed by atoms with Crippen LogP contribution in [0.4, 0.5) is 17.7 Å². The molecule has 0 fully saturated rings. The van der Waals surface area contributed by atoms with Crippen LogP contribution in [0.15, 0.2) is 85.3 Å². The topological polar surface area (TPSA) is 84.1 Å². The van der Waals surface area contributed by atoms with Gasteiger partial charge in [0.1, 0.15) is 12.1 Å². The fourth-order valence-corrected chi connectivity index (χ4v) is 3.51. The molecule has 32 heavy (non-hydrogen) atoms. The summed E-state index contributed by atoms with van der Waals surface area (Å²) in [4.78, 5) is 20.2. The van der Waals surface area contributed by atoms with Crippen molar-refractivity contribution in [2.45, 2.75) is 13.0 Å². The zero-order valence-electron chi connectivity index (χ0n) is 17.8. The van der Waals surface area contributed by atoms with Crippen LogP contribution in [0.3, 0.4) is 0 Å². The van der Waals surface area contributed by atoms with E-state index in [4.69, 9.17) is 9.97 Å². The molecule has 0 aliphatic rings. The Kier molecular flexibility index (Phi) is 5.17. The summed E-state index contributed by atoms with van der Waals surface area (Å²) in [6.45, 7) is 2.08. The first-order valence-corrected chi connectivity index (χ1v) is 10.3. The maximum atomic E-state index is 4.86. The molecule has 0 saturated carbocycles. The Bertz CT molecular complexity index is 1330. The minimum atomic E-state index is 0.0679. The van der Waals surface area contributed by atoms with Gasteiger partial charge < -0.3 is 5.32 Å². The van der Waals surface area contributed by atoms with Crippen LogP contribution >= 0.6 is 0 Å². The van der Waals surface area contributed by atoms with Crippen molar-refractivity contribution in [2.24, 2.45) is 0 Å². The fraction of sp³-hybridized carbons (Fsp3) is 0.125. The Balaban J connectivity index is 1.49. The fourth-order valence-electron chi connectivity index (χ4n) is 3.51. The van der Waals surface area contributed by atoms with E-state index >= 15 is 0 Å². The van der Waals surface area contributed by atoms with Gasteiger partial charge in [-0.2, -0.15) is 14.6 Å². The third-order valence-electron chi connectivity index (χ3n) is 5.25. The average Bonchev–Trinajstić information content (AvgIpc) is 3.33. The predicted octanol–water partition coefficient (Wildman–Crippen LogP) is 4.52. The van der Waals surface area contributed by atoms with Crippen molar-refractivity contribution < 1.29 is 0 Å². The third-order valence-corrected chi connectivity index (χ3v) is 5.25. The highest BCUT2D eigenvalue weighted by Gasteiger charge is 2.16. The van der Waals surface area contributed by atoms with Crippen LogP contribution in [-0.4, -0.2) is 36.6 Å². The number of anilines is 3. The van der Waals surface area contributed by atoms with E-state index in [0.29, 0.717) is 23.4 Å². The minimum absolute atomic E-state index is 0.0679. The molecule has 0 aliphatic heterocycles. The van der Waals surface area contributed by atoms with E-state index in [0.717, 1.165) is 16.8 Å². The monoisotopic (exact) mass is 422 g/mol. The SMILES string of the molecule is CC(Nc1nccc(N(C)c2nc(-c3ccccc3)cc3ncnn23)n1)c1ccccc1. The van der Waals surface area contributed by atoms with Gasteiger partial charge in [0, 0.05) is 24.9 Å². The van der Waals surface area contributed by atoms with Gasteiger partial charge in [-0.05, 0) is 18.6 Å². The predicted molar refractivity (Wildman–Crippen MR) is 125 cm³/mol. The molecule has 158 valence electrons. The van der Waals surface area contributed by atoms with Gasteiger partial charge in [-0.25, -0.2) is 15.0 Å². The van der Waals surface area contributed by atoms with Crippen molar-refractivity contribution in [1.82, 2.24) is 29.5 Å². The highest BCUT2D eigenvalue weighted by Crippen LogP contribution is 2.26. The second-order valence-electron chi connectivity index (χ2n) is 7.41. The van der Waals surface area contributed by atoms with Crippen molar-refractivity contribution in [2.75, 3.05) is 17.3 Å². The lowest BCUT2D eigenvalue weighted by atomic mass is 10.1. The molecule has 0 bridgehead atoms. The molecule has 0 saturated heterocycles. The summed E-state index contributed by atoms with van der Waals surface area (Å²) < 4.78 is 1.70. The summed E-state index contributed by atoms with van der Waals surface area (Å²) in [5, 5.41) is 7.72. The van der Waals surface area contributed by atoms with Crippen LogP contribution in [0, 0.1) is 0 Å². The maximum Gasteiger partial charge on any atom is 0.234 e. The number of nitrogens with one attached hydrogen (secondary N) is 1. The van der Waals surface area contributed by atoms with E-state index in [1.165, 1.54) is 6.33 Å². The number of hydrogen-bond donors (Lipinski definition) is 1. The van der Waals surface area contributed by atoms with Crippen LogP contribution in [-0.2, 0) is 0 Å². The van der Waals surface area contributed by atoms with Crippen molar-refractivity contribution >= 4 is 23.4 Å². The Hall–Kier alpha value is -4.33. The number of aromatic nitrogens is 6.